The van der Waals surface area contributed by atoms with Crippen LogP contribution in [0.25, 0.3) is 33.8 Å². The number of aryl methyl sites for hydroxylation is 1. The molecule has 1 fully saturated rings. The molecular weight excluding hydrogens is 757 g/mol. The molecule has 3 N–H and O–H groups in total. The number of hydrogen-bond acceptors (Lipinski definition) is 6. The van der Waals surface area contributed by atoms with Crippen molar-refractivity contribution < 1.29 is 18.5 Å². The van der Waals surface area contributed by atoms with Crippen molar-refractivity contribution in [2.75, 3.05) is 21.2 Å². The van der Waals surface area contributed by atoms with E-state index in [2.05, 4.69) is 95.6 Å². The minimum Gasteiger partial charge on any atom is -0.497 e. The van der Waals surface area contributed by atoms with Gasteiger partial charge < -0.3 is 19.9 Å². The molecule has 1 aliphatic heterocycles. The summed E-state index contributed by atoms with van der Waals surface area (Å²) in [5, 5.41) is 11.4. The zero-order valence-corrected chi connectivity index (χ0v) is 37.1. The molecule has 0 bridgehead atoms. The highest BCUT2D eigenvalue weighted by molar-refractivity contribution is 7.84. The molecule has 2 amide bonds. The van der Waals surface area contributed by atoms with Crippen molar-refractivity contribution in [3.8, 4) is 55.5 Å². The molecule has 0 saturated heterocycles. The molecule has 1 aliphatic carbocycles. The zero-order chi connectivity index (χ0) is 44.2. The Hall–Kier alpha value is -5.54. The molecule has 0 radical (unpaired) electrons. The van der Waals surface area contributed by atoms with Gasteiger partial charge in [0.05, 0.1) is 42.1 Å². The first-order valence-corrected chi connectivity index (χ1v) is 21.5. The van der Waals surface area contributed by atoms with E-state index < -0.39 is 11.0 Å². The Bertz CT molecular complexity index is 2100. The predicted octanol–water partition coefficient (Wildman–Crippen LogP) is 8.74. The van der Waals surface area contributed by atoms with Crippen LogP contribution in [0.2, 0.25) is 0 Å². The molecule has 3 atom stereocenters. The molecule has 1 saturated carbocycles. The molecule has 59 heavy (non-hydrogen) atoms. The lowest BCUT2D eigenvalue weighted by atomic mass is 9.81. The van der Waals surface area contributed by atoms with E-state index in [1.54, 1.807) is 25.0 Å². The molecule has 2 aromatic heterocycles. The number of nitrogens with one attached hydrogen (secondary N) is 3. The van der Waals surface area contributed by atoms with E-state index in [4.69, 9.17) is 4.74 Å². The number of fused-ring (bicyclic) bond motifs is 5. The standard InChI is InChI=1S/C35H41N5O4S.C7H17N.3C2H2/c1-6-21(2)45(43)38-34(41)23-12-14-28-30(18-23)40-20-25(32-29(35(42)36-3)19-37-39(32)4)16-24-17-26(44-5)13-15-27(24)33(40)31(28)22-10-8-7-9-11-22;1-4-6-7(5-2)8-3;3*1-2/h12-19,21-22H,6-11,20H2,1-5H3,(H,36,42)(H,38,41);7-8H,4-6H2,1-3H3;3*1-2H. The van der Waals surface area contributed by atoms with Crippen LogP contribution in [-0.2, 0) is 24.6 Å². The van der Waals surface area contributed by atoms with Crippen LogP contribution >= 0.6 is 0 Å². The van der Waals surface area contributed by atoms with Crippen molar-refractivity contribution in [3.05, 3.63) is 70.5 Å². The number of allylic oxidation sites excluding steroid dienone is 1. The summed E-state index contributed by atoms with van der Waals surface area (Å²) >= 11 is 0. The number of hydrogen-bond donors (Lipinski definition) is 3. The number of aromatic nitrogens is 3. The normalized spacial score (nSPS) is 14.4. The van der Waals surface area contributed by atoms with Crippen LogP contribution in [-0.4, -0.2) is 62.9 Å². The van der Waals surface area contributed by atoms with Crippen LogP contribution < -0.4 is 20.1 Å². The van der Waals surface area contributed by atoms with E-state index in [0.29, 0.717) is 30.0 Å². The fourth-order valence-corrected chi connectivity index (χ4v) is 8.55. The van der Waals surface area contributed by atoms with Crippen molar-refractivity contribution in [3.63, 3.8) is 0 Å². The van der Waals surface area contributed by atoms with Gasteiger partial charge in [-0.15, -0.1) is 38.5 Å². The van der Waals surface area contributed by atoms with Gasteiger partial charge in [0, 0.05) is 42.2 Å². The van der Waals surface area contributed by atoms with Crippen molar-refractivity contribution >= 4 is 45.4 Å². The molecule has 0 spiro atoms. The quantitative estimate of drug-likeness (QED) is 0.123. The van der Waals surface area contributed by atoms with Crippen LogP contribution in [0.5, 0.6) is 5.75 Å². The summed E-state index contributed by atoms with van der Waals surface area (Å²) in [4.78, 5) is 26.4. The summed E-state index contributed by atoms with van der Waals surface area (Å²) in [6, 6.07) is 12.8. The molecule has 2 aliphatic rings. The fourth-order valence-electron chi connectivity index (χ4n) is 7.75. The van der Waals surface area contributed by atoms with Crippen LogP contribution in [0.3, 0.4) is 0 Å². The summed E-state index contributed by atoms with van der Waals surface area (Å²) in [5.74, 6) is 0.568. The average molecular weight is 821 g/mol. The first kappa shape index (κ1) is 49.6. The average Bonchev–Trinajstić information content (AvgIpc) is 3.78. The third kappa shape index (κ3) is 11.8. The molecule has 2 aromatic carbocycles. The van der Waals surface area contributed by atoms with Gasteiger partial charge in [0.25, 0.3) is 11.8 Å². The summed E-state index contributed by atoms with van der Waals surface area (Å²) in [7, 11) is 5.69. The van der Waals surface area contributed by atoms with E-state index in [1.807, 2.05) is 52.2 Å². The maximum Gasteiger partial charge on any atom is 0.263 e. The Balaban J connectivity index is 0.000000752. The highest BCUT2D eigenvalue weighted by Gasteiger charge is 2.31. The summed E-state index contributed by atoms with van der Waals surface area (Å²) in [5.41, 5.74) is 8.05. The summed E-state index contributed by atoms with van der Waals surface area (Å²) in [6.07, 6.45) is 38.1. The second-order valence-electron chi connectivity index (χ2n) is 14.3. The number of nitrogens with zero attached hydrogens (tertiary/aromatic N) is 3. The Kier molecular flexibility index (Phi) is 21.1. The lowest BCUT2D eigenvalue weighted by Crippen LogP contribution is -2.31. The third-order valence-corrected chi connectivity index (χ3v) is 12.4. The van der Waals surface area contributed by atoms with Crippen molar-refractivity contribution in [1.29, 1.82) is 0 Å². The monoisotopic (exact) mass is 820 g/mol. The van der Waals surface area contributed by atoms with Crippen LogP contribution in [0, 0.1) is 38.5 Å². The maximum absolute atomic E-state index is 13.4. The highest BCUT2D eigenvalue weighted by Crippen LogP contribution is 2.48. The van der Waals surface area contributed by atoms with E-state index in [1.165, 1.54) is 44.1 Å². The minimum atomic E-state index is -1.48. The number of carbonyl (C=O) groups excluding carboxylic acids is 2. The largest absolute Gasteiger partial charge is 0.497 e. The van der Waals surface area contributed by atoms with Gasteiger partial charge in [0.15, 0.2) is 0 Å². The van der Waals surface area contributed by atoms with Crippen molar-refractivity contribution in [2.45, 2.75) is 109 Å². The molecule has 3 unspecified atom stereocenters. The van der Waals surface area contributed by atoms with Crippen LogP contribution in [0.4, 0.5) is 0 Å². The van der Waals surface area contributed by atoms with Crippen LogP contribution in [0.15, 0.2) is 42.6 Å². The van der Waals surface area contributed by atoms with E-state index in [-0.39, 0.29) is 17.1 Å². The SMILES string of the molecule is C#C.C#C.C#C.CCC(C)S(=O)NC(=O)c1ccc2c(C3CCCCC3)c3n(c2c1)CC(c1c(C(=O)NC)cnn1C)=Cc1cc(OC)ccc1-3.CCCC(CC)NC. The number of rotatable bonds is 12. The Labute approximate surface area is 355 Å². The summed E-state index contributed by atoms with van der Waals surface area (Å²) in [6.45, 7) is 8.73. The van der Waals surface area contributed by atoms with Gasteiger partial charge in [0.1, 0.15) is 16.7 Å². The fraction of sp³-hybridized carbons (Fsp3) is 0.438. The van der Waals surface area contributed by atoms with E-state index in [9.17, 15) is 13.8 Å². The van der Waals surface area contributed by atoms with Gasteiger partial charge in [-0.1, -0.05) is 52.5 Å². The van der Waals surface area contributed by atoms with Gasteiger partial charge in [-0.2, -0.15) is 5.10 Å². The molecule has 4 aromatic rings. The van der Waals surface area contributed by atoms with Gasteiger partial charge in [-0.25, -0.2) is 4.21 Å². The number of benzene rings is 2. The molecule has 11 heteroatoms. The maximum atomic E-state index is 13.4. The van der Waals surface area contributed by atoms with Crippen LogP contribution in [0.1, 0.15) is 129 Å². The Morgan fingerprint density at radius 1 is 0.932 bits per heavy atom. The van der Waals surface area contributed by atoms with Gasteiger partial charge in [-0.05, 0) is 105 Å². The highest BCUT2D eigenvalue weighted by atomic mass is 32.2. The number of terminal acetylenes is 3. The van der Waals surface area contributed by atoms with Gasteiger partial charge in [0.2, 0.25) is 0 Å². The number of ether oxygens (including phenoxy) is 1. The lowest BCUT2D eigenvalue weighted by Gasteiger charge is -2.24. The first-order valence-electron chi connectivity index (χ1n) is 20.3. The Morgan fingerprint density at radius 3 is 2.17 bits per heavy atom. The first-order chi connectivity index (χ1) is 28.6. The Morgan fingerprint density at radius 2 is 1.61 bits per heavy atom. The molecular formula is C48H64N6O4S. The predicted molar refractivity (Wildman–Crippen MR) is 247 cm³/mol. The lowest BCUT2D eigenvalue weighted by molar-refractivity contribution is 0.0959. The molecule has 10 nitrogen and oxygen atoms in total. The topological polar surface area (TPSA) is 119 Å². The summed E-state index contributed by atoms with van der Waals surface area (Å²) < 4.78 is 25.1. The second kappa shape index (κ2) is 25.1. The van der Waals surface area contributed by atoms with Gasteiger partial charge >= 0.3 is 0 Å². The molecule has 3 heterocycles. The van der Waals surface area contributed by atoms with Gasteiger partial charge in [-0.3, -0.25) is 19.0 Å². The molecule has 6 rings (SSSR count). The second-order valence-corrected chi connectivity index (χ2v) is 15.9. The van der Waals surface area contributed by atoms with E-state index >= 15 is 0 Å². The number of amides is 2. The zero-order valence-electron chi connectivity index (χ0n) is 36.3. The number of carbonyl (C=O) groups is 2. The minimum absolute atomic E-state index is 0.144. The van der Waals surface area contributed by atoms with Crippen molar-refractivity contribution in [1.82, 2.24) is 29.7 Å². The molecule has 316 valence electrons. The van der Waals surface area contributed by atoms with Crippen molar-refractivity contribution in [2.24, 2.45) is 7.05 Å². The van der Waals surface area contributed by atoms with E-state index in [0.717, 1.165) is 63.6 Å². The third-order valence-electron chi connectivity index (χ3n) is 10.9. The smallest absolute Gasteiger partial charge is 0.263 e. The number of methoxy groups -OCH3 is 1.